The maximum atomic E-state index is 12.7. The fraction of sp³-hybridized carbons (Fsp3) is 0.250. The van der Waals surface area contributed by atoms with Crippen molar-refractivity contribution in [1.82, 2.24) is 28.9 Å². The largest absolute Gasteiger partial charge is 0.464 e. The molecule has 0 bridgehead atoms. The van der Waals surface area contributed by atoms with E-state index in [9.17, 15) is 9.59 Å². The van der Waals surface area contributed by atoms with Crippen LogP contribution in [0.4, 0.5) is 0 Å². The topological polar surface area (TPSA) is 94.7 Å². The maximum Gasteiger partial charge on any atom is 0.356 e. The Morgan fingerprint density at radius 2 is 0.897 bits per heavy atom. The van der Waals surface area contributed by atoms with Gasteiger partial charge in [0.15, 0.2) is 0 Å². The minimum atomic E-state index is -0.445. The normalized spacial score (nSPS) is 11.8. The summed E-state index contributed by atoms with van der Waals surface area (Å²) in [4.78, 5) is 40.0. The lowest BCUT2D eigenvalue weighted by atomic mass is 10.1. The Labute approximate surface area is 338 Å². The van der Waals surface area contributed by atoms with Crippen molar-refractivity contribution in [2.75, 3.05) is 54.5 Å². The Kier molecular flexibility index (Phi) is 11.3. The molecule has 0 saturated heterocycles. The van der Waals surface area contributed by atoms with Crippen LogP contribution in [0, 0.1) is 0 Å². The molecule has 8 aromatic rings. The van der Waals surface area contributed by atoms with Crippen LogP contribution in [-0.2, 0) is 22.6 Å². The molecule has 0 spiro atoms. The second-order valence-electron chi connectivity index (χ2n) is 14.9. The van der Waals surface area contributed by atoms with E-state index in [1.807, 2.05) is 84.9 Å². The van der Waals surface area contributed by atoms with E-state index in [-0.39, 0.29) is 0 Å². The quantitative estimate of drug-likeness (QED) is 0.0955. The molecule has 0 aliphatic rings. The minimum absolute atomic E-state index is 0.304. The molecule has 0 unspecified atom stereocenters. The highest BCUT2D eigenvalue weighted by molar-refractivity contribution is 6.14. The molecule has 0 aliphatic carbocycles. The van der Waals surface area contributed by atoms with Crippen LogP contribution in [0.15, 0.2) is 121 Å². The van der Waals surface area contributed by atoms with Crippen molar-refractivity contribution in [3.05, 3.63) is 133 Å². The van der Waals surface area contributed by atoms with Gasteiger partial charge in [0.25, 0.3) is 0 Å². The van der Waals surface area contributed by atoms with E-state index in [2.05, 4.69) is 69.4 Å². The zero-order valence-corrected chi connectivity index (χ0v) is 33.5. The lowest BCUT2D eigenvalue weighted by Crippen LogP contribution is -2.32. The van der Waals surface area contributed by atoms with Crippen molar-refractivity contribution >= 4 is 55.6 Å². The smallest absolute Gasteiger partial charge is 0.356 e. The van der Waals surface area contributed by atoms with Gasteiger partial charge in [-0.3, -0.25) is 0 Å². The molecule has 0 aliphatic heterocycles. The third-order valence-corrected chi connectivity index (χ3v) is 11.1. The number of rotatable bonds is 15. The third-order valence-electron chi connectivity index (χ3n) is 11.1. The lowest BCUT2D eigenvalue weighted by molar-refractivity contribution is 0.0585. The van der Waals surface area contributed by atoms with Gasteiger partial charge in [0.2, 0.25) is 0 Å². The highest BCUT2D eigenvalue weighted by Crippen LogP contribution is 2.37. The van der Waals surface area contributed by atoms with Gasteiger partial charge in [0.1, 0.15) is 11.4 Å². The van der Waals surface area contributed by atoms with Crippen LogP contribution < -0.4 is 0 Å². The number of likely N-dealkylation sites (N-methyl/N-ethyl adjacent to an activating group) is 2. The fourth-order valence-electron chi connectivity index (χ4n) is 8.19. The summed E-state index contributed by atoms with van der Waals surface area (Å²) in [5, 5.41) is 4.19. The van der Waals surface area contributed by atoms with E-state index in [0.717, 1.165) is 118 Å². The Morgan fingerprint density at radius 1 is 0.517 bits per heavy atom. The van der Waals surface area contributed by atoms with Gasteiger partial charge in [-0.1, -0.05) is 97.1 Å². The van der Waals surface area contributed by atoms with Crippen molar-refractivity contribution in [1.29, 1.82) is 0 Å². The molecule has 0 amide bonds. The van der Waals surface area contributed by atoms with E-state index < -0.39 is 11.9 Å². The van der Waals surface area contributed by atoms with Crippen LogP contribution >= 0.6 is 0 Å². The van der Waals surface area contributed by atoms with Gasteiger partial charge < -0.3 is 28.4 Å². The molecule has 10 nitrogen and oxygen atoms in total. The van der Waals surface area contributed by atoms with E-state index in [1.165, 1.54) is 14.2 Å². The number of esters is 2. The third kappa shape index (κ3) is 7.56. The standard InChI is InChI=1S/C48H48N6O4/c1-51(25-15-27-53-41-23-13-11-21-35(41)37-31-39(47(55)57-3)49-43(45(37)53)33-17-7-5-8-18-33)29-30-52(2)26-16-28-54-42-24-14-12-22-36(42)38-32-40(48(56)58-4)50-44(46(38)54)34-19-9-6-10-20-34/h5-14,17-24,31-32H,15-16,25-30H2,1-4H3. The van der Waals surface area contributed by atoms with Crippen LogP contribution in [0.2, 0.25) is 0 Å². The molecule has 10 heteroatoms. The fourth-order valence-corrected chi connectivity index (χ4v) is 8.19. The molecule has 4 heterocycles. The Hall–Kier alpha value is -6.36. The summed E-state index contributed by atoms with van der Waals surface area (Å²) in [5.41, 5.74) is 8.40. The number of pyridine rings is 2. The summed E-state index contributed by atoms with van der Waals surface area (Å²) in [6.45, 7) is 5.36. The van der Waals surface area contributed by atoms with Crippen LogP contribution in [0.5, 0.6) is 0 Å². The summed E-state index contributed by atoms with van der Waals surface area (Å²) in [7, 11) is 7.17. The molecule has 0 saturated carbocycles. The Morgan fingerprint density at radius 3 is 1.29 bits per heavy atom. The molecular formula is C48H48N6O4. The number of carbonyl (C=O) groups is 2. The van der Waals surface area contributed by atoms with Gasteiger partial charge in [-0.25, -0.2) is 19.6 Å². The molecule has 0 atom stereocenters. The number of nitrogens with zero attached hydrogens (tertiary/aromatic N) is 6. The summed E-state index contributed by atoms with van der Waals surface area (Å²) in [6, 6.07) is 40.6. The molecule has 4 aromatic carbocycles. The second kappa shape index (κ2) is 17.0. The van der Waals surface area contributed by atoms with Crippen molar-refractivity contribution in [3.63, 3.8) is 0 Å². The lowest BCUT2D eigenvalue weighted by Gasteiger charge is -2.22. The number of ether oxygens (including phenoxy) is 2. The summed E-state index contributed by atoms with van der Waals surface area (Å²) < 4.78 is 14.9. The highest BCUT2D eigenvalue weighted by Gasteiger charge is 2.22. The first-order chi connectivity index (χ1) is 28.4. The van der Waals surface area contributed by atoms with Gasteiger partial charge in [-0.05, 0) is 64.3 Å². The predicted octanol–water partition coefficient (Wildman–Crippen LogP) is 8.94. The van der Waals surface area contributed by atoms with E-state index >= 15 is 0 Å². The molecule has 0 N–H and O–H groups in total. The SMILES string of the molecule is COC(=O)c1cc2c3ccccc3n(CCCN(C)CCN(C)CCCn3c4ccccc4c4cc(C(=O)OC)nc(-c5ccccc5)c43)c2c(-c2ccccc2)n1. The number of benzene rings is 4. The number of aromatic nitrogens is 4. The molecule has 8 rings (SSSR count). The highest BCUT2D eigenvalue weighted by atomic mass is 16.5. The predicted molar refractivity (Wildman–Crippen MR) is 232 cm³/mol. The number of hydrogen-bond donors (Lipinski definition) is 0. The summed E-state index contributed by atoms with van der Waals surface area (Å²) in [5.74, 6) is -0.890. The van der Waals surface area contributed by atoms with Crippen LogP contribution in [-0.4, -0.2) is 95.3 Å². The number of fused-ring (bicyclic) bond motifs is 6. The summed E-state index contributed by atoms with van der Waals surface area (Å²) in [6.07, 6.45) is 1.90. The maximum absolute atomic E-state index is 12.7. The van der Waals surface area contributed by atoms with Gasteiger partial charge in [0.05, 0.1) is 36.6 Å². The average Bonchev–Trinajstić information content (AvgIpc) is 3.77. The van der Waals surface area contributed by atoms with Gasteiger partial charge in [-0.15, -0.1) is 0 Å². The molecular weight excluding hydrogens is 725 g/mol. The molecule has 0 fully saturated rings. The number of carbonyl (C=O) groups excluding carboxylic acids is 2. The van der Waals surface area contributed by atoms with E-state index in [4.69, 9.17) is 19.4 Å². The van der Waals surface area contributed by atoms with Gasteiger partial charge in [-0.2, -0.15) is 0 Å². The molecule has 58 heavy (non-hydrogen) atoms. The Bertz CT molecular complexity index is 2550. The van der Waals surface area contributed by atoms with Crippen LogP contribution in [0.3, 0.4) is 0 Å². The van der Waals surface area contributed by atoms with Gasteiger partial charge >= 0.3 is 11.9 Å². The monoisotopic (exact) mass is 772 g/mol. The first-order valence-electron chi connectivity index (χ1n) is 19.8. The number of para-hydroxylation sites is 2. The van der Waals surface area contributed by atoms with Crippen molar-refractivity contribution < 1.29 is 19.1 Å². The summed E-state index contributed by atoms with van der Waals surface area (Å²) >= 11 is 0. The molecule has 4 aromatic heterocycles. The van der Waals surface area contributed by atoms with Crippen molar-refractivity contribution in [2.45, 2.75) is 25.9 Å². The molecule has 0 radical (unpaired) electrons. The van der Waals surface area contributed by atoms with Crippen molar-refractivity contribution in [3.8, 4) is 22.5 Å². The van der Waals surface area contributed by atoms with Gasteiger partial charge in [0, 0.05) is 69.9 Å². The number of methoxy groups -OCH3 is 2. The van der Waals surface area contributed by atoms with Crippen LogP contribution in [0.1, 0.15) is 33.8 Å². The Balaban J connectivity index is 0.948. The van der Waals surface area contributed by atoms with E-state index in [0.29, 0.717) is 11.4 Å². The van der Waals surface area contributed by atoms with E-state index in [1.54, 1.807) is 0 Å². The van der Waals surface area contributed by atoms with Crippen LogP contribution in [0.25, 0.3) is 66.1 Å². The van der Waals surface area contributed by atoms with Crippen molar-refractivity contribution in [2.24, 2.45) is 0 Å². The zero-order valence-electron chi connectivity index (χ0n) is 33.5. The number of aryl methyl sites for hydroxylation is 2. The number of hydrogen-bond acceptors (Lipinski definition) is 8. The zero-order chi connectivity index (χ0) is 40.2. The minimum Gasteiger partial charge on any atom is -0.464 e. The average molecular weight is 773 g/mol. The second-order valence-corrected chi connectivity index (χ2v) is 14.9. The molecule has 294 valence electrons. The first kappa shape index (κ1) is 38.5. The first-order valence-corrected chi connectivity index (χ1v) is 19.8.